The van der Waals surface area contributed by atoms with Crippen molar-refractivity contribution in [1.29, 1.82) is 0 Å². The van der Waals surface area contributed by atoms with Crippen molar-refractivity contribution < 1.29 is 4.74 Å². The van der Waals surface area contributed by atoms with Gasteiger partial charge in [-0.3, -0.25) is 4.90 Å². The van der Waals surface area contributed by atoms with Gasteiger partial charge in [0, 0.05) is 36.3 Å². The number of benzene rings is 1. The van der Waals surface area contributed by atoms with E-state index in [9.17, 15) is 0 Å². The van der Waals surface area contributed by atoms with Crippen molar-refractivity contribution in [3.8, 4) is 5.75 Å². The van der Waals surface area contributed by atoms with Gasteiger partial charge >= 0.3 is 0 Å². The molecule has 3 nitrogen and oxygen atoms in total. The normalized spacial score (nSPS) is 19.8. The second-order valence-corrected chi connectivity index (χ2v) is 5.50. The smallest absolute Gasteiger partial charge is 0.124 e. The quantitative estimate of drug-likeness (QED) is 0.868. The Bertz CT molecular complexity index is 411. The monoisotopic (exact) mass is 282 g/mol. The SMILES string of the molecule is CCCNC1CCN(Cc2c(Cl)cccc2OC)C1. The molecular weight excluding hydrogens is 260 g/mol. The Morgan fingerprint density at radius 1 is 1.47 bits per heavy atom. The topological polar surface area (TPSA) is 24.5 Å². The zero-order valence-electron chi connectivity index (χ0n) is 11.8. The fraction of sp³-hybridized carbons (Fsp3) is 0.600. The van der Waals surface area contributed by atoms with Crippen molar-refractivity contribution in [2.75, 3.05) is 26.7 Å². The molecule has 1 fully saturated rings. The fourth-order valence-electron chi connectivity index (χ4n) is 2.60. The molecule has 1 unspecified atom stereocenters. The number of ether oxygens (including phenoxy) is 1. The van der Waals surface area contributed by atoms with Crippen LogP contribution in [-0.2, 0) is 6.54 Å². The molecule has 0 aromatic heterocycles. The van der Waals surface area contributed by atoms with Gasteiger partial charge in [0.05, 0.1) is 7.11 Å². The minimum absolute atomic E-state index is 0.619. The van der Waals surface area contributed by atoms with Crippen molar-refractivity contribution in [2.24, 2.45) is 0 Å². The molecule has 1 heterocycles. The summed E-state index contributed by atoms with van der Waals surface area (Å²) in [7, 11) is 1.70. The summed E-state index contributed by atoms with van der Waals surface area (Å²) in [5.41, 5.74) is 1.10. The van der Waals surface area contributed by atoms with Gasteiger partial charge in [-0.1, -0.05) is 24.6 Å². The van der Waals surface area contributed by atoms with Crippen molar-refractivity contribution in [2.45, 2.75) is 32.4 Å². The molecule has 0 spiro atoms. The third kappa shape index (κ3) is 3.85. The maximum absolute atomic E-state index is 6.28. The molecule has 0 saturated carbocycles. The second kappa shape index (κ2) is 7.13. The first-order chi connectivity index (χ1) is 9.24. The summed E-state index contributed by atoms with van der Waals surface area (Å²) >= 11 is 6.28. The molecule has 2 rings (SSSR count). The summed E-state index contributed by atoms with van der Waals surface area (Å²) < 4.78 is 5.40. The van der Waals surface area contributed by atoms with E-state index in [-0.39, 0.29) is 0 Å². The van der Waals surface area contributed by atoms with E-state index in [2.05, 4.69) is 17.1 Å². The van der Waals surface area contributed by atoms with Crippen LogP contribution in [0.1, 0.15) is 25.3 Å². The van der Waals surface area contributed by atoms with Gasteiger partial charge in [0.15, 0.2) is 0 Å². The third-order valence-corrected chi connectivity index (χ3v) is 3.99. The van der Waals surface area contributed by atoms with Gasteiger partial charge in [-0.05, 0) is 31.5 Å². The van der Waals surface area contributed by atoms with Crippen LogP contribution in [0.5, 0.6) is 5.75 Å². The maximum atomic E-state index is 6.28. The molecule has 0 aliphatic carbocycles. The minimum atomic E-state index is 0.619. The average Bonchev–Trinajstić information content (AvgIpc) is 2.86. The molecule has 0 bridgehead atoms. The van der Waals surface area contributed by atoms with E-state index in [1.165, 1.54) is 12.8 Å². The van der Waals surface area contributed by atoms with Crippen LogP contribution in [0.2, 0.25) is 5.02 Å². The van der Waals surface area contributed by atoms with E-state index in [1.807, 2.05) is 18.2 Å². The Hall–Kier alpha value is -0.770. The summed E-state index contributed by atoms with van der Waals surface area (Å²) in [6, 6.07) is 6.46. The molecule has 1 aliphatic rings. The Morgan fingerprint density at radius 3 is 3.05 bits per heavy atom. The molecule has 1 aromatic carbocycles. The molecule has 19 heavy (non-hydrogen) atoms. The lowest BCUT2D eigenvalue weighted by Crippen LogP contribution is -2.32. The molecule has 1 N–H and O–H groups in total. The summed E-state index contributed by atoms with van der Waals surface area (Å²) in [6.07, 6.45) is 2.40. The molecule has 1 aromatic rings. The number of rotatable bonds is 6. The van der Waals surface area contributed by atoms with Gasteiger partial charge in [-0.2, -0.15) is 0 Å². The van der Waals surface area contributed by atoms with Gasteiger partial charge in [0.2, 0.25) is 0 Å². The van der Waals surface area contributed by atoms with E-state index in [1.54, 1.807) is 7.11 Å². The average molecular weight is 283 g/mol. The lowest BCUT2D eigenvalue weighted by molar-refractivity contribution is 0.311. The van der Waals surface area contributed by atoms with Gasteiger partial charge < -0.3 is 10.1 Å². The Labute approximate surface area is 120 Å². The van der Waals surface area contributed by atoms with Crippen LogP contribution < -0.4 is 10.1 Å². The van der Waals surface area contributed by atoms with Crippen molar-refractivity contribution in [3.63, 3.8) is 0 Å². The van der Waals surface area contributed by atoms with E-state index >= 15 is 0 Å². The fourth-order valence-corrected chi connectivity index (χ4v) is 2.82. The number of nitrogens with one attached hydrogen (secondary N) is 1. The molecule has 4 heteroatoms. The van der Waals surface area contributed by atoms with Gasteiger partial charge in [0.1, 0.15) is 5.75 Å². The largest absolute Gasteiger partial charge is 0.496 e. The van der Waals surface area contributed by atoms with Crippen LogP contribution in [0.4, 0.5) is 0 Å². The minimum Gasteiger partial charge on any atom is -0.496 e. The van der Waals surface area contributed by atoms with E-state index in [0.717, 1.165) is 42.5 Å². The summed E-state index contributed by atoms with van der Waals surface area (Å²) in [6.45, 7) is 6.39. The van der Waals surface area contributed by atoms with Gasteiger partial charge in [-0.25, -0.2) is 0 Å². The van der Waals surface area contributed by atoms with Crippen molar-refractivity contribution >= 4 is 11.6 Å². The van der Waals surface area contributed by atoms with Crippen molar-refractivity contribution in [1.82, 2.24) is 10.2 Å². The molecular formula is C15H23ClN2O. The summed E-state index contributed by atoms with van der Waals surface area (Å²) in [4.78, 5) is 2.44. The lowest BCUT2D eigenvalue weighted by atomic mass is 10.2. The van der Waals surface area contributed by atoms with E-state index in [0.29, 0.717) is 6.04 Å². The second-order valence-electron chi connectivity index (χ2n) is 5.10. The molecule has 0 amide bonds. The van der Waals surface area contributed by atoms with E-state index in [4.69, 9.17) is 16.3 Å². The van der Waals surface area contributed by atoms with Crippen LogP contribution in [0.15, 0.2) is 18.2 Å². The first-order valence-electron chi connectivity index (χ1n) is 7.01. The summed E-state index contributed by atoms with van der Waals surface area (Å²) in [5.74, 6) is 0.887. The van der Waals surface area contributed by atoms with Gasteiger partial charge in [0.25, 0.3) is 0 Å². The summed E-state index contributed by atoms with van der Waals surface area (Å²) in [5, 5.41) is 4.38. The highest BCUT2D eigenvalue weighted by Crippen LogP contribution is 2.28. The molecule has 106 valence electrons. The van der Waals surface area contributed by atoms with Crippen LogP contribution in [0, 0.1) is 0 Å². The Morgan fingerprint density at radius 2 is 2.32 bits per heavy atom. The van der Waals surface area contributed by atoms with Crippen LogP contribution in [0.25, 0.3) is 0 Å². The first kappa shape index (κ1) is 14.6. The molecule has 1 aliphatic heterocycles. The van der Waals surface area contributed by atoms with Crippen LogP contribution in [-0.4, -0.2) is 37.7 Å². The standard InChI is InChI=1S/C15H23ClN2O/c1-3-8-17-12-7-9-18(10-12)11-13-14(16)5-4-6-15(13)19-2/h4-6,12,17H,3,7-11H2,1-2H3. The van der Waals surface area contributed by atoms with Gasteiger partial charge in [-0.15, -0.1) is 0 Å². The zero-order chi connectivity index (χ0) is 13.7. The molecule has 0 radical (unpaired) electrons. The highest BCUT2D eigenvalue weighted by Gasteiger charge is 2.23. The number of hydrogen-bond donors (Lipinski definition) is 1. The predicted molar refractivity (Wildman–Crippen MR) is 80.0 cm³/mol. The predicted octanol–water partition coefficient (Wildman–Crippen LogP) is 2.92. The first-order valence-corrected chi connectivity index (χ1v) is 7.39. The molecule has 1 saturated heterocycles. The lowest BCUT2D eigenvalue weighted by Gasteiger charge is -2.19. The number of methoxy groups -OCH3 is 1. The van der Waals surface area contributed by atoms with Crippen LogP contribution in [0.3, 0.4) is 0 Å². The third-order valence-electron chi connectivity index (χ3n) is 3.63. The highest BCUT2D eigenvalue weighted by atomic mass is 35.5. The van der Waals surface area contributed by atoms with E-state index < -0.39 is 0 Å². The maximum Gasteiger partial charge on any atom is 0.124 e. The number of hydrogen-bond acceptors (Lipinski definition) is 3. The number of nitrogens with zero attached hydrogens (tertiary/aromatic N) is 1. The number of likely N-dealkylation sites (tertiary alicyclic amines) is 1. The Kier molecular flexibility index (Phi) is 5.49. The highest BCUT2D eigenvalue weighted by molar-refractivity contribution is 6.31. The van der Waals surface area contributed by atoms with Crippen molar-refractivity contribution in [3.05, 3.63) is 28.8 Å². The zero-order valence-corrected chi connectivity index (χ0v) is 12.5. The number of halogens is 1. The molecule has 1 atom stereocenters. The van der Waals surface area contributed by atoms with Crippen LogP contribution >= 0.6 is 11.6 Å². The Balaban J connectivity index is 1.95.